The molecule has 1 saturated heterocycles. The third kappa shape index (κ3) is 5.41. The maximum absolute atomic E-state index is 11.8. The Morgan fingerprint density at radius 2 is 1.96 bits per heavy atom. The molecule has 1 atom stereocenters. The SMILES string of the molecule is CNCCC(=O)NC1CCN(Cc2cc(OC)cc(OC)c2)C1. The van der Waals surface area contributed by atoms with Crippen molar-refractivity contribution in [3.63, 3.8) is 0 Å². The fourth-order valence-corrected chi connectivity index (χ4v) is 2.85. The molecule has 0 saturated carbocycles. The number of likely N-dealkylation sites (tertiary alicyclic amines) is 1. The van der Waals surface area contributed by atoms with E-state index in [-0.39, 0.29) is 11.9 Å². The third-order valence-electron chi connectivity index (χ3n) is 4.06. The van der Waals surface area contributed by atoms with E-state index in [0.717, 1.165) is 43.1 Å². The summed E-state index contributed by atoms with van der Waals surface area (Å²) < 4.78 is 10.6. The van der Waals surface area contributed by atoms with Gasteiger partial charge < -0.3 is 20.1 Å². The lowest BCUT2D eigenvalue weighted by molar-refractivity contribution is -0.121. The van der Waals surface area contributed by atoms with Gasteiger partial charge in [0.1, 0.15) is 11.5 Å². The zero-order valence-corrected chi connectivity index (χ0v) is 14.2. The van der Waals surface area contributed by atoms with Crippen LogP contribution in [0.1, 0.15) is 18.4 Å². The minimum atomic E-state index is 0.120. The first-order valence-electron chi connectivity index (χ1n) is 8.03. The van der Waals surface area contributed by atoms with Crippen LogP contribution in [0.2, 0.25) is 0 Å². The van der Waals surface area contributed by atoms with Crippen molar-refractivity contribution in [3.05, 3.63) is 23.8 Å². The molecule has 6 heteroatoms. The second-order valence-corrected chi connectivity index (χ2v) is 5.86. The van der Waals surface area contributed by atoms with Crippen LogP contribution in [0.3, 0.4) is 0 Å². The minimum absolute atomic E-state index is 0.120. The van der Waals surface area contributed by atoms with Gasteiger partial charge in [0.2, 0.25) is 5.91 Å². The van der Waals surface area contributed by atoms with Gasteiger partial charge in [-0.1, -0.05) is 0 Å². The van der Waals surface area contributed by atoms with E-state index in [0.29, 0.717) is 13.0 Å². The molecule has 0 bridgehead atoms. The second-order valence-electron chi connectivity index (χ2n) is 5.86. The quantitative estimate of drug-likeness (QED) is 0.748. The van der Waals surface area contributed by atoms with Crippen molar-refractivity contribution in [2.24, 2.45) is 0 Å². The van der Waals surface area contributed by atoms with E-state index in [4.69, 9.17) is 9.47 Å². The number of carbonyl (C=O) groups excluding carboxylic acids is 1. The Bertz CT molecular complexity index is 500. The van der Waals surface area contributed by atoms with Crippen LogP contribution < -0.4 is 20.1 Å². The number of amides is 1. The molecule has 23 heavy (non-hydrogen) atoms. The van der Waals surface area contributed by atoms with Crippen LogP contribution >= 0.6 is 0 Å². The Morgan fingerprint density at radius 1 is 1.26 bits per heavy atom. The lowest BCUT2D eigenvalue weighted by atomic mass is 10.2. The molecule has 0 radical (unpaired) electrons. The highest BCUT2D eigenvalue weighted by molar-refractivity contribution is 5.76. The molecule has 0 aromatic heterocycles. The van der Waals surface area contributed by atoms with Gasteiger partial charge in [0, 0.05) is 44.7 Å². The number of carbonyl (C=O) groups is 1. The van der Waals surface area contributed by atoms with Gasteiger partial charge in [-0.25, -0.2) is 0 Å². The van der Waals surface area contributed by atoms with Gasteiger partial charge in [0.05, 0.1) is 14.2 Å². The predicted molar refractivity (Wildman–Crippen MR) is 89.9 cm³/mol. The maximum atomic E-state index is 11.8. The van der Waals surface area contributed by atoms with Crippen molar-refractivity contribution in [3.8, 4) is 11.5 Å². The molecule has 1 heterocycles. The molecular weight excluding hydrogens is 294 g/mol. The number of hydrogen-bond donors (Lipinski definition) is 2. The van der Waals surface area contributed by atoms with Crippen molar-refractivity contribution >= 4 is 5.91 Å². The van der Waals surface area contributed by atoms with E-state index >= 15 is 0 Å². The lowest BCUT2D eigenvalue weighted by Gasteiger charge is -2.18. The van der Waals surface area contributed by atoms with Crippen LogP contribution in [-0.4, -0.2) is 57.8 Å². The molecule has 1 aliphatic rings. The highest BCUT2D eigenvalue weighted by atomic mass is 16.5. The summed E-state index contributed by atoms with van der Waals surface area (Å²) in [5.74, 6) is 1.72. The molecule has 1 fully saturated rings. The normalized spacial score (nSPS) is 18.0. The molecule has 6 nitrogen and oxygen atoms in total. The summed E-state index contributed by atoms with van der Waals surface area (Å²) in [5.41, 5.74) is 1.16. The van der Waals surface area contributed by atoms with Gasteiger partial charge in [-0.05, 0) is 31.2 Å². The van der Waals surface area contributed by atoms with Gasteiger partial charge in [-0.15, -0.1) is 0 Å². The standard InChI is InChI=1S/C17H27N3O3/c1-18-6-4-17(21)19-14-5-7-20(12-14)11-13-8-15(22-2)10-16(9-13)23-3/h8-10,14,18H,4-7,11-12H2,1-3H3,(H,19,21). The van der Waals surface area contributed by atoms with Gasteiger partial charge in [0.25, 0.3) is 0 Å². The highest BCUT2D eigenvalue weighted by Gasteiger charge is 2.23. The Hall–Kier alpha value is -1.79. The zero-order valence-electron chi connectivity index (χ0n) is 14.2. The Balaban J connectivity index is 1.86. The van der Waals surface area contributed by atoms with Crippen molar-refractivity contribution in [2.75, 3.05) is 40.9 Å². The second kappa shape index (κ2) is 8.74. The van der Waals surface area contributed by atoms with E-state index in [2.05, 4.69) is 15.5 Å². The summed E-state index contributed by atoms with van der Waals surface area (Å²) in [7, 11) is 5.17. The highest BCUT2D eigenvalue weighted by Crippen LogP contribution is 2.24. The molecule has 1 amide bonds. The van der Waals surface area contributed by atoms with Crippen molar-refractivity contribution in [2.45, 2.75) is 25.4 Å². The largest absolute Gasteiger partial charge is 0.497 e. The molecule has 0 spiro atoms. The van der Waals surface area contributed by atoms with Gasteiger partial charge >= 0.3 is 0 Å². The van der Waals surface area contributed by atoms with E-state index in [1.165, 1.54) is 0 Å². The number of hydrogen-bond acceptors (Lipinski definition) is 5. The van der Waals surface area contributed by atoms with Crippen LogP contribution in [0.25, 0.3) is 0 Å². The van der Waals surface area contributed by atoms with E-state index in [1.54, 1.807) is 14.2 Å². The first kappa shape index (κ1) is 17.6. The van der Waals surface area contributed by atoms with Crippen LogP contribution in [-0.2, 0) is 11.3 Å². The summed E-state index contributed by atoms with van der Waals surface area (Å²) in [6, 6.07) is 6.17. The van der Waals surface area contributed by atoms with Gasteiger partial charge in [0.15, 0.2) is 0 Å². The number of methoxy groups -OCH3 is 2. The third-order valence-corrected chi connectivity index (χ3v) is 4.06. The summed E-state index contributed by atoms with van der Waals surface area (Å²) in [6.07, 6.45) is 1.52. The minimum Gasteiger partial charge on any atom is -0.497 e. The lowest BCUT2D eigenvalue weighted by Crippen LogP contribution is -2.37. The first-order valence-corrected chi connectivity index (χ1v) is 8.03. The monoisotopic (exact) mass is 321 g/mol. The maximum Gasteiger partial charge on any atom is 0.221 e. The smallest absolute Gasteiger partial charge is 0.221 e. The van der Waals surface area contributed by atoms with E-state index < -0.39 is 0 Å². The molecular formula is C17H27N3O3. The van der Waals surface area contributed by atoms with E-state index in [9.17, 15) is 4.79 Å². The number of ether oxygens (including phenoxy) is 2. The number of nitrogens with zero attached hydrogens (tertiary/aromatic N) is 1. The van der Waals surface area contributed by atoms with Crippen LogP contribution in [0.4, 0.5) is 0 Å². The summed E-state index contributed by atoms with van der Waals surface area (Å²) >= 11 is 0. The summed E-state index contributed by atoms with van der Waals surface area (Å²) in [5, 5.41) is 6.10. The molecule has 0 aliphatic carbocycles. The van der Waals surface area contributed by atoms with Crippen LogP contribution in [0, 0.1) is 0 Å². The number of rotatable bonds is 8. The van der Waals surface area contributed by atoms with Crippen LogP contribution in [0.5, 0.6) is 11.5 Å². The molecule has 1 aromatic carbocycles. The molecule has 2 N–H and O–H groups in total. The zero-order chi connectivity index (χ0) is 16.7. The number of nitrogens with one attached hydrogen (secondary N) is 2. The van der Waals surface area contributed by atoms with E-state index in [1.807, 2.05) is 25.2 Å². The topological polar surface area (TPSA) is 62.8 Å². The molecule has 1 aromatic rings. The molecule has 1 aliphatic heterocycles. The fourth-order valence-electron chi connectivity index (χ4n) is 2.85. The Morgan fingerprint density at radius 3 is 2.57 bits per heavy atom. The fraction of sp³-hybridized carbons (Fsp3) is 0.588. The van der Waals surface area contributed by atoms with Crippen molar-refractivity contribution in [1.82, 2.24) is 15.5 Å². The molecule has 128 valence electrons. The van der Waals surface area contributed by atoms with Gasteiger partial charge in [-0.3, -0.25) is 9.69 Å². The predicted octanol–water partition coefficient (Wildman–Crippen LogP) is 1.00. The number of benzene rings is 1. The molecule has 1 unspecified atom stereocenters. The average molecular weight is 321 g/mol. The first-order chi connectivity index (χ1) is 11.1. The van der Waals surface area contributed by atoms with Crippen LogP contribution in [0.15, 0.2) is 18.2 Å². The Kier molecular flexibility index (Phi) is 6.67. The molecule has 2 rings (SSSR count). The summed E-state index contributed by atoms with van der Waals surface area (Å²) in [6.45, 7) is 3.41. The summed E-state index contributed by atoms with van der Waals surface area (Å²) in [4.78, 5) is 14.1. The average Bonchev–Trinajstić information content (AvgIpc) is 2.99. The van der Waals surface area contributed by atoms with Crippen molar-refractivity contribution < 1.29 is 14.3 Å². The van der Waals surface area contributed by atoms with Crippen molar-refractivity contribution in [1.29, 1.82) is 0 Å². The Labute approximate surface area is 138 Å². The van der Waals surface area contributed by atoms with Gasteiger partial charge in [-0.2, -0.15) is 0 Å².